The van der Waals surface area contributed by atoms with Crippen LogP contribution in [0.3, 0.4) is 0 Å². The van der Waals surface area contributed by atoms with Gasteiger partial charge in [0.1, 0.15) is 11.3 Å². The molecular formula is C25H23ClN2O4. The Labute approximate surface area is 190 Å². The number of Topliss-reactive ketones (excluding diaryl/α,β-unsaturated/α-hetero) is 1. The molecule has 0 atom stereocenters. The van der Waals surface area contributed by atoms with Crippen molar-refractivity contribution in [3.63, 3.8) is 0 Å². The average Bonchev–Trinajstić information content (AvgIpc) is 2.73. The summed E-state index contributed by atoms with van der Waals surface area (Å²) >= 11 is 6.09. The SMILES string of the molecule is COc1ccc(Cl)cc1NC(=O)c1c2c(cn(-c3ccccc3)c1=O)C(=O)CC(C)(C)C2. The lowest BCUT2D eigenvalue weighted by atomic mass is 9.73. The summed E-state index contributed by atoms with van der Waals surface area (Å²) in [4.78, 5) is 40.0. The molecule has 1 N–H and O–H groups in total. The predicted octanol–water partition coefficient (Wildman–Crippen LogP) is 4.91. The van der Waals surface area contributed by atoms with Gasteiger partial charge < -0.3 is 10.1 Å². The van der Waals surface area contributed by atoms with E-state index in [1.54, 1.807) is 48.7 Å². The molecule has 4 rings (SSSR count). The maximum absolute atomic E-state index is 13.5. The van der Waals surface area contributed by atoms with Gasteiger partial charge in [0, 0.05) is 28.9 Å². The lowest BCUT2D eigenvalue weighted by Crippen LogP contribution is -2.37. The second-order valence-corrected chi connectivity index (χ2v) is 9.08. The number of halogens is 1. The molecule has 1 heterocycles. The number of nitrogens with zero attached hydrogens (tertiary/aromatic N) is 1. The molecule has 0 bridgehead atoms. The smallest absolute Gasteiger partial charge is 0.268 e. The fourth-order valence-corrected chi connectivity index (χ4v) is 4.29. The minimum atomic E-state index is -0.609. The second kappa shape index (κ2) is 8.28. The Bertz CT molecular complexity index is 1280. The summed E-state index contributed by atoms with van der Waals surface area (Å²) in [5, 5.41) is 3.17. The van der Waals surface area contributed by atoms with E-state index in [4.69, 9.17) is 16.3 Å². The minimum absolute atomic E-state index is 0.0468. The van der Waals surface area contributed by atoms with Gasteiger partial charge in [-0.2, -0.15) is 0 Å². The van der Waals surface area contributed by atoms with Gasteiger partial charge in [-0.1, -0.05) is 43.6 Å². The van der Waals surface area contributed by atoms with E-state index in [2.05, 4.69) is 5.32 Å². The monoisotopic (exact) mass is 450 g/mol. The molecule has 0 aliphatic heterocycles. The van der Waals surface area contributed by atoms with Gasteiger partial charge in [0.05, 0.1) is 12.8 Å². The number of hydrogen-bond donors (Lipinski definition) is 1. The number of fused-ring (bicyclic) bond motifs is 1. The molecular weight excluding hydrogens is 428 g/mol. The quantitative estimate of drug-likeness (QED) is 0.612. The Morgan fingerprint density at radius 3 is 2.50 bits per heavy atom. The standard InChI is InChI=1S/C25H23ClN2O4/c1-25(2)12-17-18(20(29)13-25)14-28(16-7-5-4-6-8-16)24(31)22(17)23(30)27-19-11-15(26)9-10-21(19)32-3/h4-11,14H,12-13H2,1-3H3,(H,27,30). The third-order valence-electron chi connectivity index (χ3n) is 5.58. The van der Waals surface area contributed by atoms with Gasteiger partial charge in [0.2, 0.25) is 0 Å². The topological polar surface area (TPSA) is 77.4 Å². The van der Waals surface area contributed by atoms with E-state index in [-0.39, 0.29) is 16.8 Å². The molecule has 1 aliphatic rings. The summed E-state index contributed by atoms with van der Waals surface area (Å²) in [6.07, 6.45) is 2.34. The van der Waals surface area contributed by atoms with Crippen molar-refractivity contribution in [2.75, 3.05) is 12.4 Å². The van der Waals surface area contributed by atoms with Crippen molar-refractivity contribution in [1.29, 1.82) is 0 Å². The van der Waals surface area contributed by atoms with Gasteiger partial charge in [0.15, 0.2) is 5.78 Å². The van der Waals surface area contributed by atoms with Crippen molar-refractivity contribution in [2.24, 2.45) is 5.41 Å². The largest absolute Gasteiger partial charge is 0.495 e. The number of benzene rings is 2. The number of para-hydroxylation sites is 1. The molecule has 0 unspecified atom stereocenters. The van der Waals surface area contributed by atoms with Crippen LogP contribution in [0.4, 0.5) is 5.69 Å². The lowest BCUT2D eigenvalue weighted by Gasteiger charge is -2.31. The normalized spacial score (nSPS) is 14.6. The lowest BCUT2D eigenvalue weighted by molar-refractivity contribution is 0.0910. The number of ketones is 1. The number of aromatic nitrogens is 1. The van der Waals surface area contributed by atoms with E-state index < -0.39 is 11.5 Å². The van der Waals surface area contributed by atoms with Crippen LogP contribution in [0.25, 0.3) is 5.69 Å². The first kappa shape index (κ1) is 21.8. The minimum Gasteiger partial charge on any atom is -0.495 e. The molecule has 6 nitrogen and oxygen atoms in total. The number of rotatable bonds is 4. The highest BCUT2D eigenvalue weighted by Gasteiger charge is 2.36. The van der Waals surface area contributed by atoms with Gasteiger partial charge in [0.25, 0.3) is 11.5 Å². The summed E-state index contributed by atoms with van der Waals surface area (Å²) in [5.41, 5.74) is 0.895. The molecule has 3 aromatic rings. The van der Waals surface area contributed by atoms with Crippen molar-refractivity contribution < 1.29 is 14.3 Å². The first-order valence-electron chi connectivity index (χ1n) is 10.2. The number of carbonyl (C=O) groups is 2. The van der Waals surface area contributed by atoms with Crippen LogP contribution in [0.1, 0.15) is 46.5 Å². The van der Waals surface area contributed by atoms with Gasteiger partial charge in [-0.25, -0.2) is 0 Å². The van der Waals surface area contributed by atoms with E-state index in [1.165, 1.54) is 11.7 Å². The first-order chi connectivity index (χ1) is 15.2. The van der Waals surface area contributed by atoms with Crippen molar-refractivity contribution in [2.45, 2.75) is 26.7 Å². The molecule has 0 fully saturated rings. The van der Waals surface area contributed by atoms with Crippen molar-refractivity contribution in [1.82, 2.24) is 4.57 Å². The fourth-order valence-electron chi connectivity index (χ4n) is 4.12. The Kier molecular flexibility index (Phi) is 5.65. The highest BCUT2D eigenvalue weighted by molar-refractivity contribution is 6.31. The summed E-state index contributed by atoms with van der Waals surface area (Å²) in [5.74, 6) is -0.287. The Balaban J connectivity index is 1.91. The summed E-state index contributed by atoms with van der Waals surface area (Å²) in [6, 6.07) is 13.8. The molecule has 1 aromatic heterocycles. The number of amides is 1. The van der Waals surface area contributed by atoms with Gasteiger partial charge in [-0.05, 0) is 47.7 Å². The van der Waals surface area contributed by atoms with Gasteiger partial charge >= 0.3 is 0 Å². The summed E-state index contributed by atoms with van der Waals surface area (Å²) in [7, 11) is 1.48. The number of ether oxygens (including phenoxy) is 1. The molecule has 164 valence electrons. The maximum atomic E-state index is 13.5. The molecule has 0 saturated carbocycles. The fraction of sp³-hybridized carbons (Fsp3) is 0.240. The highest BCUT2D eigenvalue weighted by atomic mass is 35.5. The van der Waals surface area contributed by atoms with Crippen molar-refractivity contribution >= 4 is 29.0 Å². The molecule has 0 radical (unpaired) electrons. The molecule has 32 heavy (non-hydrogen) atoms. The Hall–Kier alpha value is -3.38. The number of nitrogens with one attached hydrogen (secondary N) is 1. The molecule has 7 heteroatoms. The van der Waals surface area contributed by atoms with Crippen LogP contribution in [0.15, 0.2) is 59.5 Å². The van der Waals surface area contributed by atoms with Crippen LogP contribution in [-0.2, 0) is 6.42 Å². The number of hydrogen-bond acceptors (Lipinski definition) is 4. The molecule has 1 amide bonds. The van der Waals surface area contributed by atoms with E-state index in [9.17, 15) is 14.4 Å². The zero-order chi connectivity index (χ0) is 23.0. The van der Waals surface area contributed by atoms with Crippen LogP contribution in [-0.4, -0.2) is 23.4 Å². The maximum Gasteiger partial charge on any atom is 0.268 e. The van der Waals surface area contributed by atoms with Gasteiger partial charge in [-0.3, -0.25) is 19.0 Å². The van der Waals surface area contributed by atoms with E-state index in [1.807, 2.05) is 19.9 Å². The number of anilines is 1. The first-order valence-corrected chi connectivity index (χ1v) is 10.6. The van der Waals surface area contributed by atoms with Crippen LogP contribution >= 0.6 is 11.6 Å². The summed E-state index contributed by atoms with van der Waals surface area (Å²) < 4.78 is 6.67. The zero-order valence-electron chi connectivity index (χ0n) is 18.1. The molecule has 0 saturated heterocycles. The van der Waals surface area contributed by atoms with Crippen LogP contribution < -0.4 is 15.6 Å². The van der Waals surface area contributed by atoms with E-state index >= 15 is 0 Å². The number of pyridine rings is 1. The molecule has 2 aromatic carbocycles. The molecule has 1 aliphatic carbocycles. The second-order valence-electron chi connectivity index (χ2n) is 8.65. The van der Waals surface area contributed by atoms with Gasteiger partial charge in [-0.15, -0.1) is 0 Å². The Morgan fingerprint density at radius 2 is 1.81 bits per heavy atom. The highest BCUT2D eigenvalue weighted by Crippen LogP contribution is 2.36. The van der Waals surface area contributed by atoms with Crippen LogP contribution in [0, 0.1) is 5.41 Å². The Morgan fingerprint density at radius 1 is 1.09 bits per heavy atom. The van der Waals surface area contributed by atoms with Crippen molar-refractivity contribution in [3.8, 4) is 11.4 Å². The number of carbonyl (C=O) groups excluding carboxylic acids is 2. The summed E-state index contributed by atoms with van der Waals surface area (Å²) in [6.45, 7) is 3.91. The zero-order valence-corrected chi connectivity index (χ0v) is 18.8. The third kappa shape index (κ3) is 4.06. The predicted molar refractivity (Wildman–Crippen MR) is 124 cm³/mol. The van der Waals surface area contributed by atoms with Crippen LogP contribution in [0.5, 0.6) is 5.75 Å². The van der Waals surface area contributed by atoms with E-state index in [0.29, 0.717) is 46.1 Å². The molecule has 0 spiro atoms. The van der Waals surface area contributed by atoms with Crippen molar-refractivity contribution in [3.05, 3.63) is 86.8 Å². The number of methoxy groups -OCH3 is 1. The third-order valence-corrected chi connectivity index (χ3v) is 5.82. The van der Waals surface area contributed by atoms with E-state index in [0.717, 1.165) is 0 Å². The average molecular weight is 451 g/mol. The van der Waals surface area contributed by atoms with Crippen LogP contribution in [0.2, 0.25) is 5.02 Å².